The molecule has 1 aliphatic rings. The zero-order valence-electron chi connectivity index (χ0n) is 11.2. The number of nitrogens with two attached hydrogens (primary N) is 1. The van der Waals surface area contributed by atoms with Crippen molar-refractivity contribution in [2.45, 2.75) is 38.9 Å². The maximum atomic E-state index is 6.02. The smallest absolute Gasteiger partial charge is 0.224 e. The minimum Gasteiger partial charge on any atom is -0.394 e. The third-order valence-electron chi connectivity index (χ3n) is 2.76. The number of anilines is 2. The SMILES string of the molecule is CC1(C)CN(c2nc(Cl)ncc2N)CC(C)(C)O1. The van der Waals surface area contributed by atoms with Crippen LogP contribution in [0, 0.1) is 0 Å². The molecule has 0 unspecified atom stereocenters. The molecule has 0 amide bonds. The highest BCUT2D eigenvalue weighted by Gasteiger charge is 2.39. The number of halogens is 1. The van der Waals surface area contributed by atoms with Crippen LogP contribution in [0.15, 0.2) is 6.20 Å². The Morgan fingerprint density at radius 3 is 2.39 bits per heavy atom. The number of morpholine rings is 1. The normalized spacial score (nSPS) is 21.9. The minimum atomic E-state index is -0.258. The summed E-state index contributed by atoms with van der Waals surface area (Å²) in [5.41, 5.74) is 5.95. The number of rotatable bonds is 1. The predicted octanol–water partition coefficient (Wildman–Crippen LogP) is 2.11. The van der Waals surface area contributed by atoms with Gasteiger partial charge in [-0.25, -0.2) is 4.98 Å². The molecule has 1 aliphatic heterocycles. The third kappa shape index (κ3) is 2.84. The van der Waals surface area contributed by atoms with Gasteiger partial charge in [-0.05, 0) is 39.3 Å². The molecule has 6 heteroatoms. The van der Waals surface area contributed by atoms with Crippen molar-refractivity contribution >= 4 is 23.1 Å². The molecule has 0 bridgehead atoms. The molecule has 0 spiro atoms. The number of ether oxygens (including phenoxy) is 1. The number of nitrogens with zero attached hydrogens (tertiary/aromatic N) is 3. The van der Waals surface area contributed by atoms with E-state index in [-0.39, 0.29) is 16.5 Å². The van der Waals surface area contributed by atoms with Crippen LogP contribution in [0.25, 0.3) is 0 Å². The number of nitrogen functional groups attached to an aromatic ring is 1. The quantitative estimate of drug-likeness (QED) is 0.792. The van der Waals surface area contributed by atoms with Crippen LogP contribution >= 0.6 is 11.6 Å². The summed E-state index contributed by atoms with van der Waals surface area (Å²) in [5.74, 6) is 0.680. The molecule has 0 aliphatic carbocycles. The molecule has 2 N–H and O–H groups in total. The van der Waals surface area contributed by atoms with Gasteiger partial charge < -0.3 is 15.4 Å². The van der Waals surface area contributed by atoms with Gasteiger partial charge in [-0.1, -0.05) is 0 Å². The van der Waals surface area contributed by atoms with Crippen LogP contribution in [0.4, 0.5) is 11.5 Å². The molecule has 100 valence electrons. The van der Waals surface area contributed by atoms with E-state index in [1.165, 1.54) is 0 Å². The van der Waals surface area contributed by atoms with E-state index in [2.05, 4.69) is 42.6 Å². The van der Waals surface area contributed by atoms with Crippen molar-refractivity contribution in [3.63, 3.8) is 0 Å². The summed E-state index contributed by atoms with van der Waals surface area (Å²) in [6.07, 6.45) is 1.54. The average Bonchev–Trinajstić information content (AvgIpc) is 2.17. The molecule has 1 aromatic rings. The highest BCUT2D eigenvalue weighted by atomic mass is 35.5. The van der Waals surface area contributed by atoms with Crippen LogP contribution in [-0.4, -0.2) is 34.3 Å². The van der Waals surface area contributed by atoms with Gasteiger partial charge in [0.2, 0.25) is 5.28 Å². The molecule has 0 aromatic carbocycles. The van der Waals surface area contributed by atoms with Crippen molar-refractivity contribution in [2.75, 3.05) is 23.7 Å². The van der Waals surface area contributed by atoms with Crippen molar-refractivity contribution in [1.29, 1.82) is 0 Å². The van der Waals surface area contributed by atoms with Gasteiger partial charge in [-0.15, -0.1) is 0 Å². The van der Waals surface area contributed by atoms with E-state index in [0.29, 0.717) is 24.6 Å². The Bertz CT molecular complexity index is 445. The molecule has 2 rings (SSSR count). The second kappa shape index (κ2) is 4.24. The summed E-state index contributed by atoms with van der Waals surface area (Å²) in [4.78, 5) is 10.2. The van der Waals surface area contributed by atoms with Crippen LogP contribution in [-0.2, 0) is 4.74 Å². The molecule has 0 atom stereocenters. The molecule has 0 radical (unpaired) electrons. The van der Waals surface area contributed by atoms with Crippen molar-refractivity contribution in [1.82, 2.24) is 9.97 Å². The van der Waals surface area contributed by atoms with Crippen LogP contribution in [0.5, 0.6) is 0 Å². The molecule has 2 heterocycles. The Balaban J connectivity index is 2.35. The summed E-state index contributed by atoms with van der Waals surface area (Å²) in [5, 5.41) is 0.210. The average molecular weight is 271 g/mol. The fraction of sp³-hybridized carbons (Fsp3) is 0.667. The second-order valence-corrected chi connectivity index (χ2v) is 6.23. The van der Waals surface area contributed by atoms with Crippen LogP contribution in [0.3, 0.4) is 0 Å². The number of hydrogen-bond donors (Lipinski definition) is 1. The van der Waals surface area contributed by atoms with Crippen molar-refractivity contribution in [3.05, 3.63) is 11.5 Å². The summed E-state index contributed by atoms with van der Waals surface area (Å²) < 4.78 is 6.02. The van der Waals surface area contributed by atoms with E-state index in [9.17, 15) is 0 Å². The van der Waals surface area contributed by atoms with Gasteiger partial charge >= 0.3 is 0 Å². The van der Waals surface area contributed by atoms with Crippen LogP contribution in [0.1, 0.15) is 27.7 Å². The van der Waals surface area contributed by atoms with E-state index in [0.717, 1.165) is 0 Å². The van der Waals surface area contributed by atoms with E-state index in [1.54, 1.807) is 6.20 Å². The van der Waals surface area contributed by atoms with Crippen molar-refractivity contribution in [2.24, 2.45) is 0 Å². The zero-order valence-corrected chi connectivity index (χ0v) is 12.0. The summed E-state index contributed by atoms with van der Waals surface area (Å²) >= 11 is 5.84. The molecular formula is C12H19ClN4O. The van der Waals surface area contributed by atoms with Gasteiger partial charge in [0.05, 0.1) is 23.1 Å². The lowest BCUT2D eigenvalue weighted by Gasteiger charge is -2.47. The van der Waals surface area contributed by atoms with E-state index >= 15 is 0 Å². The number of hydrogen-bond acceptors (Lipinski definition) is 5. The van der Waals surface area contributed by atoms with Gasteiger partial charge in [-0.2, -0.15) is 4.98 Å². The van der Waals surface area contributed by atoms with Crippen LogP contribution < -0.4 is 10.6 Å². The first-order valence-corrected chi connectivity index (χ1v) is 6.29. The lowest BCUT2D eigenvalue weighted by Crippen LogP contribution is -2.57. The third-order valence-corrected chi connectivity index (χ3v) is 2.94. The lowest BCUT2D eigenvalue weighted by atomic mass is 9.99. The van der Waals surface area contributed by atoms with E-state index in [4.69, 9.17) is 22.1 Å². The second-order valence-electron chi connectivity index (χ2n) is 5.90. The fourth-order valence-corrected chi connectivity index (χ4v) is 2.68. The molecule has 0 saturated carbocycles. The predicted molar refractivity (Wildman–Crippen MR) is 72.9 cm³/mol. The van der Waals surface area contributed by atoms with E-state index < -0.39 is 0 Å². The van der Waals surface area contributed by atoms with Crippen molar-refractivity contribution in [3.8, 4) is 0 Å². The minimum absolute atomic E-state index is 0.210. The zero-order chi connectivity index (χ0) is 13.6. The Morgan fingerprint density at radius 1 is 1.28 bits per heavy atom. The van der Waals surface area contributed by atoms with Gasteiger partial charge in [0.25, 0.3) is 0 Å². The Hall–Kier alpha value is -1.07. The Morgan fingerprint density at radius 2 is 1.83 bits per heavy atom. The highest BCUT2D eigenvalue weighted by molar-refractivity contribution is 6.28. The maximum absolute atomic E-state index is 6.02. The summed E-state index contributed by atoms with van der Waals surface area (Å²) in [7, 11) is 0. The Labute approximate surface area is 112 Å². The maximum Gasteiger partial charge on any atom is 0.224 e. The topological polar surface area (TPSA) is 64.3 Å². The lowest BCUT2D eigenvalue weighted by molar-refractivity contribution is -0.133. The largest absolute Gasteiger partial charge is 0.394 e. The first-order valence-electron chi connectivity index (χ1n) is 5.92. The van der Waals surface area contributed by atoms with E-state index in [1.807, 2.05) is 0 Å². The first-order chi connectivity index (χ1) is 8.19. The summed E-state index contributed by atoms with van der Waals surface area (Å²) in [6.45, 7) is 9.65. The number of aromatic nitrogens is 2. The fourth-order valence-electron chi connectivity index (χ4n) is 2.55. The molecular weight excluding hydrogens is 252 g/mol. The van der Waals surface area contributed by atoms with Gasteiger partial charge in [-0.3, -0.25) is 0 Å². The highest BCUT2D eigenvalue weighted by Crippen LogP contribution is 2.32. The molecule has 18 heavy (non-hydrogen) atoms. The molecule has 1 fully saturated rings. The van der Waals surface area contributed by atoms with Gasteiger partial charge in [0.1, 0.15) is 0 Å². The Kier molecular flexibility index (Phi) is 3.15. The summed E-state index contributed by atoms with van der Waals surface area (Å²) in [6, 6.07) is 0. The molecule has 1 aromatic heterocycles. The van der Waals surface area contributed by atoms with Crippen LogP contribution in [0.2, 0.25) is 5.28 Å². The van der Waals surface area contributed by atoms with Crippen molar-refractivity contribution < 1.29 is 4.74 Å². The standard InChI is InChI=1S/C12H19ClN4O/c1-11(2)6-17(7-12(3,4)18-11)9-8(14)5-15-10(13)16-9/h5H,6-7,14H2,1-4H3. The molecule has 5 nitrogen and oxygen atoms in total. The molecule has 1 saturated heterocycles. The van der Waals surface area contributed by atoms with Gasteiger partial charge in [0, 0.05) is 13.1 Å². The monoisotopic (exact) mass is 270 g/mol. The van der Waals surface area contributed by atoms with Gasteiger partial charge in [0.15, 0.2) is 5.82 Å². The first kappa shape index (κ1) is 13.4.